The van der Waals surface area contributed by atoms with Gasteiger partial charge in [0.15, 0.2) is 0 Å². The van der Waals surface area contributed by atoms with Crippen molar-refractivity contribution in [3.8, 4) is 0 Å². The van der Waals surface area contributed by atoms with Crippen LogP contribution in [-0.4, -0.2) is 42.2 Å². The van der Waals surface area contributed by atoms with E-state index in [0.29, 0.717) is 30.4 Å². The Labute approximate surface area is 158 Å². The molecule has 1 N–H and O–H groups in total. The van der Waals surface area contributed by atoms with Crippen LogP contribution in [0.15, 0.2) is 42.5 Å². The van der Waals surface area contributed by atoms with E-state index in [-0.39, 0.29) is 5.91 Å². The summed E-state index contributed by atoms with van der Waals surface area (Å²) in [6, 6.07) is 13.7. The van der Waals surface area contributed by atoms with Crippen LogP contribution in [0.4, 0.5) is 11.6 Å². The lowest BCUT2D eigenvalue weighted by Gasteiger charge is -2.27. The molecule has 2 aromatic carbocycles. The molecule has 0 radical (unpaired) electrons. The predicted octanol–water partition coefficient (Wildman–Crippen LogP) is 3.34. The number of nitrogens with one attached hydrogen (secondary N) is 1. The monoisotopic (exact) mass is 362 g/mol. The molecule has 1 fully saturated rings. The molecule has 1 amide bonds. The number of carbonyl (C=O) groups is 1. The number of carbonyl (C=O) groups excluding carboxylic acids is 1. The molecule has 6 heteroatoms. The first-order valence-electron chi connectivity index (χ1n) is 9.10. The van der Waals surface area contributed by atoms with Crippen molar-refractivity contribution < 1.29 is 9.53 Å². The number of fused-ring (bicyclic) bond motifs is 1. The third-order valence-electron chi connectivity index (χ3n) is 4.80. The molecule has 1 aromatic heterocycles. The number of anilines is 2. The Morgan fingerprint density at radius 3 is 2.37 bits per heavy atom. The zero-order chi connectivity index (χ0) is 18.8. The molecule has 138 valence electrons. The van der Waals surface area contributed by atoms with Gasteiger partial charge in [0.05, 0.1) is 30.3 Å². The third kappa shape index (κ3) is 3.61. The Bertz CT molecular complexity index is 973. The van der Waals surface area contributed by atoms with Gasteiger partial charge in [-0.05, 0) is 36.8 Å². The van der Waals surface area contributed by atoms with E-state index in [9.17, 15) is 4.79 Å². The number of hydrogen-bond acceptors (Lipinski definition) is 5. The maximum atomic E-state index is 12.8. The van der Waals surface area contributed by atoms with Crippen LogP contribution in [0.3, 0.4) is 0 Å². The summed E-state index contributed by atoms with van der Waals surface area (Å²) < 4.78 is 5.38. The summed E-state index contributed by atoms with van der Waals surface area (Å²) in [6.07, 6.45) is 0. The average Bonchev–Trinajstić information content (AvgIpc) is 2.70. The first-order chi connectivity index (χ1) is 13.1. The molecule has 27 heavy (non-hydrogen) atoms. The second kappa shape index (κ2) is 7.32. The van der Waals surface area contributed by atoms with Crippen LogP contribution in [-0.2, 0) is 4.74 Å². The lowest BCUT2D eigenvalue weighted by atomic mass is 10.1. The van der Waals surface area contributed by atoms with Gasteiger partial charge in [0, 0.05) is 18.7 Å². The van der Waals surface area contributed by atoms with E-state index in [2.05, 4.69) is 20.2 Å². The van der Waals surface area contributed by atoms with Gasteiger partial charge in [-0.3, -0.25) is 4.79 Å². The highest BCUT2D eigenvalue weighted by Crippen LogP contribution is 2.23. The maximum absolute atomic E-state index is 12.8. The van der Waals surface area contributed by atoms with Crippen LogP contribution in [0.1, 0.15) is 21.7 Å². The summed E-state index contributed by atoms with van der Waals surface area (Å²) in [5.41, 5.74) is 2.81. The second-order valence-corrected chi connectivity index (χ2v) is 6.68. The second-order valence-electron chi connectivity index (χ2n) is 6.68. The zero-order valence-corrected chi connectivity index (χ0v) is 15.5. The van der Waals surface area contributed by atoms with Gasteiger partial charge in [0.2, 0.25) is 5.95 Å². The number of aryl methyl sites for hydroxylation is 2. The summed E-state index contributed by atoms with van der Waals surface area (Å²) in [5.74, 6) is 0.534. The van der Waals surface area contributed by atoms with Crippen molar-refractivity contribution in [3.05, 3.63) is 59.4 Å². The molecule has 0 saturated carbocycles. The molecular weight excluding hydrogens is 340 g/mol. The highest BCUT2D eigenvalue weighted by molar-refractivity contribution is 6.06. The van der Waals surface area contributed by atoms with Crippen LogP contribution < -0.4 is 10.2 Å². The number of amides is 1. The first-order valence-corrected chi connectivity index (χ1v) is 9.10. The quantitative estimate of drug-likeness (QED) is 0.774. The van der Waals surface area contributed by atoms with Crippen molar-refractivity contribution in [1.29, 1.82) is 0 Å². The van der Waals surface area contributed by atoms with Crippen molar-refractivity contribution in [2.45, 2.75) is 13.8 Å². The van der Waals surface area contributed by atoms with Gasteiger partial charge in [0.1, 0.15) is 0 Å². The van der Waals surface area contributed by atoms with E-state index < -0.39 is 0 Å². The van der Waals surface area contributed by atoms with Crippen molar-refractivity contribution in [2.24, 2.45) is 0 Å². The molecule has 4 rings (SSSR count). The Morgan fingerprint density at radius 1 is 1.00 bits per heavy atom. The molecule has 6 nitrogen and oxygen atoms in total. The van der Waals surface area contributed by atoms with Gasteiger partial charge in [-0.15, -0.1) is 0 Å². The summed E-state index contributed by atoms with van der Waals surface area (Å²) in [5, 5.41) is 5.13. The van der Waals surface area contributed by atoms with Crippen molar-refractivity contribution >= 4 is 28.3 Å². The van der Waals surface area contributed by atoms with E-state index in [1.54, 1.807) is 0 Å². The third-order valence-corrected chi connectivity index (χ3v) is 4.80. The summed E-state index contributed by atoms with van der Waals surface area (Å²) >= 11 is 0. The van der Waals surface area contributed by atoms with E-state index in [1.807, 2.05) is 56.3 Å². The molecule has 3 aromatic rings. The molecule has 0 aliphatic carbocycles. The fourth-order valence-corrected chi connectivity index (χ4v) is 3.30. The Kier molecular flexibility index (Phi) is 4.73. The normalized spacial score (nSPS) is 14.4. The van der Waals surface area contributed by atoms with Crippen LogP contribution in [0.2, 0.25) is 0 Å². The zero-order valence-electron chi connectivity index (χ0n) is 15.5. The fraction of sp³-hybridized carbons (Fsp3) is 0.286. The van der Waals surface area contributed by atoms with Crippen LogP contribution in [0.5, 0.6) is 0 Å². The molecule has 1 aliphatic heterocycles. The van der Waals surface area contributed by atoms with Gasteiger partial charge in [-0.2, -0.15) is 0 Å². The molecule has 0 unspecified atom stereocenters. The molecule has 1 aliphatic rings. The minimum Gasteiger partial charge on any atom is -0.378 e. The van der Waals surface area contributed by atoms with E-state index >= 15 is 0 Å². The van der Waals surface area contributed by atoms with Gasteiger partial charge >= 0.3 is 0 Å². The molecule has 1 saturated heterocycles. The van der Waals surface area contributed by atoms with Gasteiger partial charge in [-0.25, -0.2) is 9.97 Å². The number of morpholine rings is 1. The largest absolute Gasteiger partial charge is 0.378 e. The van der Waals surface area contributed by atoms with Crippen molar-refractivity contribution in [3.63, 3.8) is 0 Å². The van der Waals surface area contributed by atoms with Crippen molar-refractivity contribution in [2.75, 3.05) is 36.5 Å². The topological polar surface area (TPSA) is 67.3 Å². The van der Waals surface area contributed by atoms with Crippen LogP contribution in [0.25, 0.3) is 10.8 Å². The fourth-order valence-electron chi connectivity index (χ4n) is 3.30. The molecule has 0 atom stereocenters. The number of ether oxygens (including phenoxy) is 1. The summed E-state index contributed by atoms with van der Waals surface area (Å²) in [4.78, 5) is 24.1. The smallest absolute Gasteiger partial charge is 0.255 e. The van der Waals surface area contributed by atoms with Gasteiger partial charge in [0.25, 0.3) is 5.91 Å². The molecular formula is C21H22N4O2. The van der Waals surface area contributed by atoms with Gasteiger partial charge in [-0.1, -0.05) is 30.3 Å². The maximum Gasteiger partial charge on any atom is 0.255 e. The summed E-state index contributed by atoms with van der Waals surface area (Å²) in [6.45, 7) is 6.72. The predicted molar refractivity (Wildman–Crippen MR) is 106 cm³/mol. The van der Waals surface area contributed by atoms with E-state index in [1.165, 1.54) is 0 Å². The number of hydrogen-bond donors (Lipinski definition) is 1. The lowest BCUT2D eigenvalue weighted by molar-refractivity contribution is 0.102. The highest BCUT2D eigenvalue weighted by Gasteiger charge is 2.18. The van der Waals surface area contributed by atoms with Crippen LogP contribution >= 0.6 is 0 Å². The molecule has 0 bridgehead atoms. The number of nitrogens with zero attached hydrogens (tertiary/aromatic N) is 3. The lowest BCUT2D eigenvalue weighted by Crippen LogP contribution is -2.37. The number of benzene rings is 2. The molecule has 2 heterocycles. The Hall–Kier alpha value is -2.99. The summed E-state index contributed by atoms with van der Waals surface area (Å²) in [7, 11) is 0. The number of aromatic nitrogens is 2. The minimum absolute atomic E-state index is 0.158. The minimum atomic E-state index is -0.158. The SMILES string of the molecule is Cc1nc(N2CCOCC2)nc(C)c1NC(=O)c1ccc2ccccc2c1. The Morgan fingerprint density at radius 2 is 1.67 bits per heavy atom. The van der Waals surface area contributed by atoms with Gasteiger partial charge < -0.3 is 15.0 Å². The molecule has 0 spiro atoms. The Balaban J connectivity index is 1.58. The standard InChI is InChI=1S/C21H22N4O2/c1-14-19(15(2)23-21(22-14)25-9-11-27-12-10-25)24-20(26)18-8-7-16-5-3-4-6-17(16)13-18/h3-8,13H,9-12H2,1-2H3,(H,24,26). The number of rotatable bonds is 3. The van der Waals surface area contributed by atoms with E-state index in [0.717, 1.165) is 35.2 Å². The highest BCUT2D eigenvalue weighted by atomic mass is 16.5. The van der Waals surface area contributed by atoms with Crippen LogP contribution in [0, 0.1) is 13.8 Å². The first kappa shape index (κ1) is 17.4. The van der Waals surface area contributed by atoms with Crippen molar-refractivity contribution in [1.82, 2.24) is 9.97 Å². The average molecular weight is 362 g/mol. The van der Waals surface area contributed by atoms with E-state index in [4.69, 9.17) is 4.74 Å².